The Labute approximate surface area is 151 Å². The van der Waals surface area contributed by atoms with E-state index in [9.17, 15) is 0 Å². The maximum Gasteiger partial charge on any atom is 0.231 e. The third kappa shape index (κ3) is 2.54. The van der Waals surface area contributed by atoms with Gasteiger partial charge in [0.2, 0.25) is 12.5 Å². The summed E-state index contributed by atoms with van der Waals surface area (Å²) in [5.74, 6) is 3.18. The van der Waals surface area contributed by atoms with Crippen LogP contribution in [0.15, 0.2) is 30.3 Å². The van der Waals surface area contributed by atoms with Gasteiger partial charge in [-0.05, 0) is 42.6 Å². The van der Waals surface area contributed by atoms with Crippen molar-refractivity contribution in [1.29, 1.82) is 0 Å². The van der Waals surface area contributed by atoms with Crippen molar-refractivity contribution in [3.8, 4) is 40.0 Å². The Balaban J connectivity index is 1.99. The topological polar surface area (TPSA) is 59.0 Å². The van der Waals surface area contributed by atoms with Gasteiger partial charge < -0.3 is 23.7 Å². The molecule has 6 nitrogen and oxygen atoms in total. The Morgan fingerprint density at radius 2 is 1.50 bits per heavy atom. The molecule has 1 aromatic heterocycles. The summed E-state index contributed by atoms with van der Waals surface area (Å²) in [6.07, 6.45) is 0. The van der Waals surface area contributed by atoms with Crippen molar-refractivity contribution in [2.45, 2.75) is 6.92 Å². The molecule has 0 N–H and O–H groups in total. The van der Waals surface area contributed by atoms with Gasteiger partial charge in [-0.2, -0.15) is 0 Å². The first kappa shape index (κ1) is 16.3. The smallest absolute Gasteiger partial charge is 0.231 e. The van der Waals surface area contributed by atoms with Crippen LogP contribution in [0.3, 0.4) is 0 Å². The van der Waals surface area contributed by atoms with Crippen LogP contribution in [-0.4, -0.2) is 33.1 Å². The summed E-state index contributed by atoms with van der Waals surface area (Å²) in [7, 11) is 4.78. The van der Waals surface area contributed by atoms with Crippen molar-refractivity contribution in [2.24, 2.45) is 0 Å². The molecule has 4 rings (SSSR count). The van der Waals surface area contributed by atoms with Gasteiger partial charge in [0.1, 0.15) is 0 Å². The van der Waals surface area contributed by atoms with E-state index in [0.29, 0.717) is 17.2 Å². The van der Waals surface area contributed by atoms with E-state index in [2.05, 4.69) is 0 Å². The Hall–Kier alpha value is -3.15. The average molecular weight is 353 g/mol. The average Bonchev–Trinajstić information content (AvgIpc) is 3.11. The van der Waals surface area contributed by atoms with Crippen LogP contribution in [0.25, 0.3) is 22.0 Å². The molecule has 0 bridgehead atoms. The number of ether oxygens (including phenoxy) is 5. The van der Waals surface area contributed by atoms with E-state index in [0.717, 1.165) is 39.2 Å². The van der Waals surface area contributed by atoms with Crippen LogP contribution in [0.4, 0.5) is 0 Å². The van der Waals surface area contributed by atoms with E-state index in [1.807, 2.05) is 37.3 Å². The lowest BCUT2D eigenvalue weighted by atomic mass is 10.0. The van der Waals surface area contributed by atoms with E-state index < -0.39 is 0 Å². The fourth-order valence-electron chi connectivity index (χ4n) is 3.21. The molecule has 0 aliphatic carbocycles. The van der Waals surface area contributed by atoms with Crippen LogP contribution in [0.2, 0.25) is 0 Å². The molecule has 26 heavy (non-hydrogen) atoms. The van der Waals surface area contributed by atoms with Crippen LogP contribution in [-0.2, 0) is 0 Å². The first-order valence-electron chi connectivity index (χ1n) is 8.16. The fourth-order valence-corrected chi connectivity index (χ4v) is 3.21. The number of nitrogens with zero attached hydrogens (tertiary/aromatic N) is 1. The molecule has 134 valence electrons. The van der Waals surface area contributed by atoms with Crippen LogP contribution < -0.4 is 23.7 Å². The number of hydrogen-bond acceptors (Lipinski definition) is 6. The third-order valence-corrected chi connectivity index (χ3v) is 4.39. The van der Waals surface area contributed by atoms with Gasteiger partial charge >= 0.3 is 0 Å². The van der Waals surface area contributed by atoms with E-state index in [-0.39, 0.29) is 6.79 Å². The summed E-state index contributed by atoms with van der Waals surface area (Å²) in [6, 6.07) is 9.76. The van der Waals surface area contributed by atoms with Gasteiger partial charge in [0.15, 0.2) is 23.0 Å². The standard InChI is InChI=1S/C20H19NO5/c1-11-5-12-6-15-16(26-10-25-15)9-14(12)19(21-11)13-7-17(22-2)20(24-4)18(8-13)23-3/h5-9H,10H2,1-4H3. The normalized spacial score (nSPS) is 12.3. The molecule has 0 spiro atoms. The molecule has 0 fully saturated rings. The summed E-state index contributed by atoms with van der Waals surface area (Å²) in [6.45, 7) is 2.20. The second-order valence-electron chi connectivity index (χ2n) is 5.95. The second-order valence-corrected chi connectivity index (χ2v) is 5.95. The Morgan fingerprint density at radius 1 is 0.846 bits per heavy atom. The van der Waals surface area contributed by atoms with Crippen molar-refractivity contribution in [3.63, 3.8) is 0 Å². The van der Waals surface area contributed by atoms with Gasteiger partial charge in [-0.25, -0.2) is 0 Å². The minimum atomic E-state index is 0.234. The molecule has 0 saturated carbocycles. The molecule has 2 heterocycles. The molecular weight excluding hydrogens is 334 g/mol. The molecule has 1 aliphatic heterocycles. The molecule has 2 aromatic carbocycles. The number of fused-ring (bicyclic) bond motifs is 2. The van der Waals surface area contributed by atoms with Gasteiger partial charge in [0.05, 0.1) is 27.0 Å². The fraction of sp³-hybridized carbons (Fsp3) is 0.250. The highest BCUT2D eigenvalue weighted by atomic mass is 16.7. The lowest BCUT2D eigenvalue weighted by Gasteiger charge is -2.15. The van der Waals surface area contributed by atoms with E-state index in [1.165, 1.54) is 0 Å². The van der Waals surface area contributed by atoms with Crippen LogP contribution in [0.5, 0.6) is 28.7 Å². The van der Waals surface area contributed by atoms with Gasteiger partial charge in [-0.15, -0.1) is 0 Å². The van der Waals surface area contributed by atoms with Crippen LogP contribution in [0, 0.1) is 6.92 Å². The van der Waals surface area contributed by atoms with Crippen molar-refractivity contribution >= 4 is 10.8 Å². The number of rotatable bonds is 4. The molecule has 6 heteroatoms. The molecule has 0 radical (unpaired) electrons. The Morgan fingerprint density at radius 3 is 2.12 bits per heavy atom. The number of aromatic nitrogens is 1. The molecule has 3 aromatic rings. The van der Waals surface area contributed by atoms with Crippen molar-refractivity contribution < 1.29 is 23.7 Å². The van der Waals surface area contributed by atoms with E-state index >= 15 is 0 Å². The minimum absolute atomic E-state index is 0.234. The largest absolute Gasteiger partial charge is 0.493 e. The summed E-state index contributed by atoms with van der Waals surface area (Å²) in [4.78, 5) is 4.76. The number of aryl methyl sites for hydroxylation is 1. The van der Waals surface area contributed by atoms with Crippen molar-refractivity contribution in [2.75, 3.05) is 28.1 Å². The van der Waals surface area contributed by atoms with Gasteiger partial charge in [-0.1, -0.05) is 0 Å². The second kappa shape index (κ2) is 6.29. The summed E-state index contributed by atoms with van der Waals surface area (Å²) < 4.78 is 27.4. The van der Waals surface area contributed by atoms with Crippen LogP contribution >= 0.6 is 0 Å². The summed E-state index contributed by atoms with van der Waals surface area (Å²) in [5, 5.41) is 2.00. The maximum atomic E-state index is 5.53. The summed E-state index contributed by atoms with van der Waals surface area (Å²) in [5.41, 5.74) is 2.59. The predicted octanol–water partition coefficient (Wildman–Crippen LogP) is 3.96. The number of hydrogen-bond donors (Lipinski definition) is 0. The monoisotopic (exact) mass is 353 g/mol. The summed E-state index contributed by atoms with van der Waals surface area (Å²) >= 11 is 0. The van der Waals surface area contributed by atoms with Gasteiger partial charge in [-0.3, -0.25) is 4.98 Å². The highest BCUT2D eigenvalue weighted by Crippen LogP contribution is 2.44. The molecule has 0 saturated heterocycles. The minimum Gasteiger partial charge on any atom is -0.493 e. The van der Waals surface area contributed by atoms with Crippen molar-refractivity contribution in [3.05, 3.63) is 36.0 Å². The van der Waals surface area contributed by atoms with Gasteiger partial charge in [0.25, 0.3) is 0 Å². The Bertz CT molecular complexity index is 974. The zero-order valence-electron chi connectivity index (χ0n) is 15.1. The van der Waals surface area contributed by atoms with Gasteiger partial charge in [0, 0.05) is 16.6 Å². The van der Waals surface area contributed by atoms with Crippen molar-refractivity contribution in [1.82, 2.24) is 4.98 Å². The van der Waals surface area contributed by atoms with Crippen LogP contribution in [0.1, 0.15) is 5.69 Å². The highest BCUT2D eigenvalue weighted by Gasteiger charge is 2.20. The lowest BCUT2D eigenvalue weighted by molar-refractivity contribution is 0.174. The highest BCUT2D eigenvalue weighted by molar-refractivity contribution is 5.97. The lowest BCUT2D eigenvalue weighted by Crippen LogP contribution is -1.97. The molecule has 0 amide bonds. The molecule has 0 atom stereocenters. The molecule has 1 aliphatic rings. The maximum absolute atomic E-state index is 5.53. The third-order valence-electron chi connectivity index (χ3n) is 4.39. The first-order valence-corrected chi connectivity index (χ1v) is 8.16. The molecule has 0 unspecified atom stereocenters. The number of pyridine rings is 1. The molecular formula is C20H19NO5. The first-order chi connectivity index (χ1) is 12.6. The van der Waals surface area contributed by atoms with E-state index in [1.54, 1.807) is 21.3 Å². The predicted molar refractivity (Wildman–Crippen MR) is 97.7 cm³/mol. The zero-order valence-corrected chi connectivity index (χ0v) is 15.1. The SMILES string of the molecule is COc1cc(-c2nc(C)cc3cc4c(cc23)OCO4)cc(OC)c1OC. The quantitative estimate of drug-likeness (QED) is 0.707. The Kier molecular flexibility index (Phi) is 3.95. The number of methoxy groups -OCH3 is 3. The van der Waals surface area contributed by atoms with E-state index in [4.69, 9.17) is 28.7 Å². The zero-order chi connectivity index (χ0) is 18.3. The number of benzene rings is 2.